The van der Waals surface area contributed by atoms with Gasteiger partial charge >= 0.3 is 5.97 Å². The number of ether oxygens (including phenoxy) is 3. The SMILES string of the molecule is COc1cccc(C(=O)OCC(=O)Nc2cc(C)no2)c1OC. The third kappa shape index (κ3) is 4.00. The molecule has 0 saturated carbocycles. The molecule has 0 aliphatic carbocycles. The van der Waals surface area contributed by atoms with Crippen molar-refractivity contribution in [2.45, 2.75) is 6.92 Å². The molecule has 2 aromatic rings. The maximum atomic E-state index is 12.1. The second-order valence-corrected chi connectivity index (χ2v) is 4.50. The minimum Gasteiger partial charge on any atom is -0.493 e. The van der Waals surface area contributed by atoms with Gasteiger partial charge in [-0.3, -0.25) is 10.1 Å². The number of carbonyl (C=O) groups excluding carboxylic acids is 2. The number of nitrogens with zero attached hydrogens (tertiary/aromatic N) is 1. The van der Waals surface area contributed by atoms with Crippen LogP contribution in [-0.2, 0) is 9.53 Å². The summed E-state index contributed by atoms with van der Waals surface area (Å²) in [4.78, 5) is 23.8. The van der Waals surface area contributed by atoms with Gasteiger partial charge in [0.1, 0.15) is 5.56 Å². The number of hydrogen-bond donors (Lipinski definition) is 1. The van der Waals surface area contributed by atoms with Crippen molar-refractivity contribution in [2.24, 2.45) is 0 Å². The lowest BCUT2D eigenvalue weighted by Gasteiger charge is -2.11. The molecule has 0 radical (unpaired) electrons. The Morgan fingerprint density at radius 1 is 1.26 bits per heavy atom. The summed E-state index contributed by atoms with van der Waals surface area (Å²) in [7, 11) is 2.87. The Balaban J connectivity index is 1.98. The third-order valence-electron chi connectivity index (χ3n) is 2.85. The number of nitrogens with one attached hydrogen (secondary N) is 1. The third-order valence-corrected chi connectivity index (χ3v) is 2.85. The number of hydrogen-bond acceptors (Lipinski definition) is 7. The normalized spacial score (nSPS) is 10.0. The second-order valence-electron chi connectivity index (χ2n) is 4.50. The fraction of sp³-hybridized carbons (Fsp3) is 0.267. The molecule has 23 heavy (non-hydrogen) atoms. The molecule has 0 saturated heterocycles. The Morgan fingerprint density at radius 3 is 2.65 bits per heavy atom. The fourth-order valence-electron chi connectivity index (χ4n) is 1.85. The molecule has 1 N–H and O–H groups in total. The quantitative estimate of drug-likeness (QED) is 0.810. The monoisotopic (exact) mass is 320 g/mol. The predicted octanol–water partition coefficient (Wildman–Crippen LogP) is 1.80. The van der Waals surface area contributed by atoms with Gasteiger partial charge in [-0.05, 0) is 19.1 Å². The molecule has 8 nitrogen and oxygen atoms in total. The van der Waals surface area contributed by atoms with Gasteiger partial charge in [0, 0.05) is 6.07 Å². The highest BCUT2D eigenvalue weighted by Gasteiger charge is 2.19. The molecule has 0 aliphatic rings. The Morgan fingerprint density at radius 2 is 2.04 bits per heavy atom. The van der Waals surface area contributed by atoms with E-state index in [0.29, 0.717) is 11.4 Å². The highest BCUT2D eigenvalue weighted by Crippen LogP contribution is 2.31. The summed E-state index contributed by atoms with van der Waals surface area (Å²) in [5.41, 5.74) is 0.786. The highest BCUT2D eigenvalue weighted by atomic mass is 16.5. The smallest absolute Gasteiger partial charge is 0.342 e. The van der Waals surface area contributed by atoms with Crippen LogP contribution in [0.2, 0.25) is 0 Å². The molecule has 1 aromatic heterocycles. The minimum atomic E-state index is -0.704. The summed E-state index contributed by atoms with van der Waals surface area (Å²) < 4.78 is 20.0. The van der Waals surface area contributed by atoms with E-state index in [1.165, 1.54) is 20.3 Å². The van der Waals surface area contributed by atoms with Crippen LogP contribution in [-0.4, -0.2) is 37.9 Å². The number of benzene rings is 1. The number of esters is 1. The lowest BCUT2D eigenvalue weighted by Crippen LogP contribution is -2.21. The first kappa shape index (κ1) is 16.3. The number of aryl methyl sites for hydroxylation is 1. The molecule has 0 atom stereocenters. The van der Waals surface area contributed by atoms with Crippen molar-refractivity contribution < 1.29 is 28.3 Å². The largest absolute Gasteiger partial charge is 0.493 e. The topological polar surface area (TPSA) is 99.9 Å². The zero-order valence-electron chi connectivity index (χ0n) is 12.9. The first-order chi connectivity index (χ1) is 11.0. The van der Waals surface area contributed by atoms with Crippen molar-refractivity contribution in [3.05, 3.63) is 35.5 Å². The molecule has 0 bridgehead atoms. The molecule has 0 spiro atoms. The van der Waals surface area contributed by atoms with Gasteiger partial charge in [-0.15, -0.1) is 0 Å². The number of aromatic nitrogens is 1. The van der Waals surface area contributed by atoms with E-state index < -0.39 is 18.5 Å². The van der Waals surface area contributed by atoms with Gasteiger partial charge in [-0.2, -0.15) is 0 Å². The number of carbonyl (C=O) groups is 2. The van der Waals surface area contributed by atoms with Gasteiger partial charge in [-0.1, -0.05) is 11.2 Å². The Kier molecular flexibility index (Phi) is 5.19. The van der Waals surface area contributed by atoms with Crippen molar-refractivity contribution in [3.8, 4) is 11.5 Å². The van der Waals surface area contributed by atoms with Crippen molar-refractivity contribution >= 4 is 17.8 Å². The van der Waals surface area contributed by atoms with E-state index in [-0.39, 0.29) is 17.2 Å². The number of methoxy groups -OCH3 is 2. The average molecular weight is 320 g/mol. The summed E-state index contributed by atoms with van der Waals surface area (Å²) in [5.74, 6) is -0.432. The van der Waals surface area contributed by atoms with E-state index in [1.54, 1.807) is 25.1 Å². The van der Waals surface area contributed by atoms with E-state index in [4.69, 9.17) is 18.7 Å². The average Bonchev–Trinajstić information content (AvgIpc) is 2.96. The molecule has 0 aliphatic heterocycles. The van der Waals surface area contributed by atoms with Crippen LogP contribution in [0, 0.1) is 6.92 Å². The Hall–Kier alpha value is -3.03. The summed E-state index contributed by atoms with van der Waals surface area (Å²) in [6.07, 6.45) is 0. The lowest BCUT2D eigenvalue weighted by atomic mass is 10.2. The van der Waals surface area contributed by atoms with Gasteiger partial charge in [0.05, 0.1) is 19.9 Å². The van der Waals surface area contributed by atoms with Crippen LogP contribution in [0.4, 0.5) is 5.88 Å². The second kappa shape index (κ2) is 7.30. The van der Waals surface area contributed by atoms with Crippen LogP contribution in [0.25, 0.3) is 0 Å². The molecule has 1 heterocycles. The Bertz CT molecular complexity index is 710. The van der Waals surface area contributed by atoms with E-state index in [2.05, 4.69) is 10.5 Å². The summed E-state index contributed by atoms with van der Waals surface area (Å²) in [6, 6.07) is 6.33. The lowest BCUT2D eigenvalue weighted by molar-refractivity contribution is -0.119. The van der Waals surface area contributed by atoms with Gasteiger partial charge in [0.2, 0.25) is 5.88 Å². The molecule has 2 rings (SSSR count). The Labute approximate surface area is 132 Å². The fourth-order valence-corrected chi connectivity index (χ4v) is 1.85. The van der Waals surface area contributed by atoms with E-state index in [9.17, 15) is 9.59 Å². The zero-order chi connectivity index (χ0) is 16.8. The number of anilines is 1. The first-order valence-corrected chi connectivity index (χ1v) is 6.66. The van der Waals surface area contributed by atoms with Gasteiger partial charge in [0.15, 0.2) is 18.1 Å². The number of rotatable bonds is 6. The van der Waals surface area contributed by atoms with Gasteiger partial charge in [-0.25, -0.2) is 4.79 Å². The molecule has 1 amide bonds. The highest BCUT2D eigenvalue weighted by molar-refractivity contribution is 5.96. The van der Waals surface area contributed by atoms with E-state index >= 15 is 0 Å². The van der Waals surface area contributed by atoms with Crippen molar-refractivity contribution in [1.29, 1.82) is 0 Å². The van der Waals surface area contributed by atoms with Crippen LogP contribution < -0.4 is 14.8 Å². The van der Waals surface area contributed by atoms with Crippen LogP contribution in [0.5, 0.6) is 11.5 Å². The van der Waals surface area contributed by atoms with Crippen molar-refractivity contribution in [1.82, 2.24) is 5.16 Å². The summed E-state index contributed by atoms with van der Waals surface area (Å²) in [5, 5.41) is 6.05. The molecular weight excluding hydrogens is 304 g/mol. The van der Waals surface area contributed by atoms with E-state index in [0.717, 1.165) is 0 Å². The summed E-state index contributed by atoms with van der Waals surface area (Å²) >= 11 is 0. The predicted molar refractivity (Wildman–Crippen MR) is 79.7 cm³/mol. The number of amides is 1. The first-order valence-electron chi connectivity index (χ1n) is 6.66. The number of para-hydroxylation sites is 1. The van der Waals surface area contributed by atoms with Crippen LogP contribution in [0.3, 0.4) is 0 Å². The minimum absolute atomic E-state index is 0.162. The maximum absolute atomic E-state index is 12.1. The van der Waals surface area contributed by atoms with Crippen LogP contribution in [0.1, 0.15) is 16.1 Å². The zero-order valence-corrected chi connectivity index (χ0v) is 12.9. The molecular formula is C15H16N2O6. The molecule has 0 unspecified atom stereocenters. The summed E-state index contributed by atoms with van der Waals surface area (Å²) in [6.45, 7) is 1.24. The van der Waals surface area contributed by atoms with Crippen molar-refractivity contribution in [2.75, 3.05) is 26.1 Å². The molecule has 0 fully saturated rings. The standard InChI is InChI=1S/C15H16N2O6/c1-9-7-13(23-17-9)16-12(18)8-22-15(19)10-5-4-6-11(20-2)14(10)21-3/h4-7H,8H2,1-3H3,(H,16,18). The molecule has 1 aromatic carbocycles. The van der Waals surface area contributed by atoms with Gasteiger partial charge < -0.3 is 18.7 Å². The maximum Gasteiger partial charge on any atom is 0.342 e. The van der Waals surface area contributed by atoms with Crippen LogP contribution >= 0.6 is 0 Å². The molecule has 8 heteroatoms. The van der Waals surface area contributed by atoms with Crippen LogP contribution in [0.15, 0.2) is 28.8 Å². The molecule has 122 valence electrons. The van der Waals surface area contributed by atoms with E-state index in [1.807, 2.05) is 0 Å². The van der Waals surface area contributed by atoms with Crippen molar-refractivity contribution in [3.63, 3.8) is 0 Å². The van der Waals surface area contributed by atoms with Gasteiger partial charge in [0.25, 0.3) is 5.91 Å².